The highest BCUT2D eigenvalue weighted by Gasteiger charge is 2.38. The molecule has 2 atom stereocenters. The first-order valence-corrected chi connectivity index (χ1v) is 9.95. The molecule has 0 saturated carbocycles. The van der Waals surface area contributed by atoms with E-state index in [4.69, 9.17) is 9.47 Å². The Bertz CT molecular complexity index is 404. The predicted molar refractivity (Wildman–Crippen MR) is 103 cm³/mol. The first-order chi connectivity index (χ1) is 11.7. The fraction of sp³-hybridized carbons (Fsp3) is 0.727. The number of unbranched alkanes of at least 4 members (excludes halogenated alkanes) is 5. The Morgan fingerprint density at radius 1 is 0.917 bits per heavy atom. The van der Waals surface area contributed by atoms with Gasteiger partial charge in [0.15, 0.2) is 5.79 Å². The third-order valence-corrected chi connectivity index (χ3v) is 5.05. The van der Waals surface area contributed by atoms with E-state index < -0.39 is 5.79 Å². The molecule has 0 heterocycles. The summed E-state index contributed by atoms with van der Waals surface area (Å²) in [4.78, 5) is 0. The number of benzene rings is 1. The third-order valence-electron chi connectivity index (χ3n) is 5.05. The molecule has 2 nitrogen and oxygen atoms in total. The molecule has 0 bridgehead atoms. The zero-order valence-electron chi connectivity index (χ0n) is 16.4. The summed E-state index contributed by atoms with van der Waals surface area (Å²) in [7, 11) is 1.81. The lowest BCUT2D eigenvalue weighted by molar-refractivity contribution is -0.253. The second kappa shape index (κ2) is 12.5. The van der Waals surface area contributed by atoms with Crippen LogP contribution in [0.2, 0.25) is 0 Å². The van der Waals surface area contributed by atoms with Crippen LogP contribution in [-0.4, -0.2) is 19.5 Å². The monoisotopic (exact) mass is 334 g/mol. The fourth-order valence-electron chi connectivity index (χ4n) is 3.64. The molecule has 2 heteroatoms. The molecule has 0 aromatic heterocycles. The van der Waals surface area contributed by atoms with E-state index in [0.29, 0.717) is 12.5 Å². The molecule has 2 unspecified atom stereocenters. The molecule has 0 aliphatic carbocycles. The largest absolute Gasteiger partial charge is 0.353 e. The van der Waals surface area contributed by atoms with Gasteiger partial charge in [0.25, 0.3) is 0 Å². The van der Waals surface area contributed by atoms with Gasteiger partial charge in [-0.15, -0.1) is 0 Å². The molecule has 1 aromatic rings. The molecule has 0 aliphatic rings. The highest BCUT2D eigenvalue weighted by molar-refractivity contribution is 5.16. The molecule has 0 N–H and O–H groups in total. The van der Waals surface area contributed by atoms with Crippen LogP contribution in [0.4, 0.5) is 0 Å². The molecule has 0 radical (unpaired) electrons. The fourth-order valence-corrected chi connectivity index (χ4v) is 3.64. The van der Waals surface area contributed by atoms with Crippen molar-refractivity contribution in [2.45, 2.75) is 84.3 Å². The normalized spacial score (nSPS) is 15.2. The second-order valence-electron chi connectivity index (χ2n) is 6.77. The van der Waals surface area contributed by atoms with Crippen molar-refractivity contribution in [3.8, 4) is 0 Å². The first kappa shape index (κ1) is 21.2. The molecular weight excluding hydrogens is 296 g/mol. The molecular formula is C22H38O2. The van der Waals surface area contributed by atoms with Gasteiger partial charge in [0.2, 0.25) is 0 Å². The van der Waals surface area contributed by atoms with Crippen LogP contribution < -0.4 is 0 Å². The highest BCUT2D eigenvalue weighted by Crippen LogP contribution is 2.34. The van der Waals surface area contributed by atoms with Gasteiger partial charge in [-0.3, -0.25) is 0 Å². The van der Waals surface area contributed by atoms with Crippen molar-refractivity contribution in [1.82, 2.24) is 0 Å². The van der Waals surface area contributed by atoms with E-state index >= 15 is 0 Å². The van der Waals surface area contributed by atoms with Crippen LogP contribution in [0.1, 0.15) is 77.7 Å². The zero-order chi connectivity index (χ0) is 17.7. The van der Waals surface area contributed by atoms with Gasteiger partial charge in [0, 0.05) is 26.1 Å². The van der Waals surface area contributed by atoms with E-state index in [1.165, 1.54) is 50.5 Å². The minimum atomic E-state index is -0.492. The molecule has 0 saturated heterocycles. The average molecular weight is 335 g/mol. The summed E-state index contributed by atoms with van der Waals surface area (Å²) >= 11 is 0. The van der Waals surface area contributed by atoms with Crippen LogP contribution in [0, 0.1) is 5.92 Å². The number of hydrogen-bond acceptors (Lipinski definition) is 2. The van der Waals surface area contributed by atoms with E-state index in [0.717, 1.165) is 12.8 Å². The minimum absolute atomic E-state index is 0.439. The minimum Gasteiger partial charge on any atom is -0.353 e. The van der Waals surface area contributed by atoms with E-state index in [-0.39, 0.29) is 0 Å². The number of rotatable bonds is 14. The van der Waals surface area contributed by atoms with Crippen LogP contribution in [0.5, 0.6) is 0 Å². The average Bonchev–Trinajstić information content (AvgIpc) is 2.61. The predicted octanol–water partition coefficient (Wildman–Crippen LogP) is 6.39. The van der Waals surface area contributed by atoms with E-state index in [1.807, 2.05) is 7.11 Å². The number of ether oxygens (including phenoxy) is 2. The Labute approximate surface area is 149 Å². The van der Waals surface area contributed by atoms with Crippen LogP contribution in [0.3, 0.4) is 0 Å². The smallest absolute Gasteiger partial charge is 0.174 e. The standard InChI is InChI=1S/C22H38O2/c1-5-8-9-10-11-15-18-21(6-2)22(23-4,24-7-3)19-20-16-13-12-14-17-20/h12-14,16-17,21H,5-11,15,18-19H2,1-4H3. The Morgan fingerprint density at radius 2 is 1.58 bits per heavy atom. The number of methoxy groups -OCH3 is 1. The Morgan fingerprint density at radius 3 is 2.17 bits per heavy atom. The maximum Gasteiger partial charge on any atom is 0.174 e. The lowest BCUT2D eigenvalue weighted by Gasteiger charge is -2.39. The van der Waals surface area contributed by atoms with Crippen molar-refractivity contribution in [3.05, 3.63) is 35.9 Å². The molecule has 138 valence electrons. The van der Waals surface area contributed by atoms with Crippen molar-refractivity contribution < 1.29 is 9.47 Å². The number of hydrogen-bond donors (Lipinski definition) is 0. The maximum absolute atomic E-state index is 6.21. The lowest BCUT2D eigenvalue weighted by Crippen LogP contribution is -2.45. The van der Waals surface area contributed by atoms with Crippen molar-refractivity contribution >= 4 is 0 Å². The van der Waals surface area contributed by atoms with Gasteiger partial charge in [0.05, 0.1) is 0 Å². The molecule has 0 fully saturated rings. The van der Waals surface area contributed by atoms with Crippen LogP contribution in [-0.2, 0) is 15.9 Å². The van der Waals surface area contributed by atoms with E-state index in [9.17, 15) is 0 Å². The molecule has 0 spiro atoms. The summed E-state index contributed by atoms with van der Waals surface area (Å²) in [6.45, 7) is 7.29. The van der Waals surface area contributed by atoms with Crippen LogP contribution >= 0.6 is 0 Å². The van der Waals surface area contributed by atoms with Gasteiger partial charge in [-0.25, -0.2) is 0 Å². The van der Waals surface area contributed by atoms with Crippen molar-refractivity contribution in [3.63, 3.8) is 0 Å². The Hall–Kier alpha value is -0.860. The van der Waals surface area contributed by atoms with Crippen molar-refractivity contribution in [2.24, 2.45) is 5.92 Å². The quantitative estimate of drug-likeness (QED) is 0.290. The van der Waals surface area contributed by atoms with Gasteiger partial charge in [-0.05, 0) is 25.3 Å². The summed E-state index contributed by atoms with van der Waals surface area (Å²) in [5.74, 6) is -0.0531. The van der Waals surface area contributed by atoms with Gasteiger partial charge in [-0.1, -0.05) is 82.7 Å². The Balaban J connectivity index is 2.68. The lowest BCUT2D eigenvalue weighted by atomic mass is 9.85. The van der Waals surface area contributed by atoms with Gasteiger partial charge >= 0.3 is 0 Å². The summed E-state index contributed by atoms with van der Waals surface area (Å²) in [6, 6.07) is 10.6. The summed E-state index contributed by atoms with van der Waals surface area (Å²) < 4.78 is 12.2. The van der Waals surface area contributed by atoms with E-state index in [2.05, 4.69) is 51.1 Å². The van der Waals surface area contributed by atoms with Crippen LogP contribution in [0.25, 0.3) is 0 Å². The van der Waals surface area contributed by atoms with Crippen LogP contribution in [0.15, 0.2) is 30.3 Å². The second-order valence-corrected chi connectivity index (χ2v) is 6.77. The summed E-state index contributed by atoms with van der Waals surface area (Å²) in [5, 5.41) is 0. The zero-order valence-corrected chi connectivity index (χ0v) is 16.4. The van der Waals surface area contributed by atoms with Gasteiger partial charge < -0.3 is 9.47 Å². The van der Waals surface area contributed by atoms with Crippen molar-refractivity contribution in [2.75, 3.05) is 13.7 Å². The molecule has 0 aliphatic heterocycles. The van der Waals surface area contributed by atoms with Crippen molar-refractivity contribution in [1.29, 1.82) is 0 Å². The summed E-state index contributed by atoms with van der Waals surface area (Å²) in [5.41, 5.74) is 1.29. The van der Waals surface area contributed by atoms with E-state index in [1.54, 1.807) is 0 Å². The topological polar surface area (TPSA) is 18.5 Å². The first-order valence-electron chi connectivity index (χ1n) is 9.95. The Kier molecular flexibility index (Phi) is 11.0. The van der Waals surface area contributed by atoms with Gasteiger partial charge in [0.1, 0.15) is 0 Å². The third kappa shape index (κ3) is 6.94. The summed E-state index contributed by atoms with van der Waals surface area (Å²) in [6.07, 6.45) is 11.1. The SMILES string of the molecule is CCCCCCCCC(CC)C(Cc1ccccc1)(OC)OCC. The molecule has 24 heavy (non-hydrogen) atoms. The molecule has 1 rings (SSSR count). The maximum atomic E-state index is 6.21. The highest BCUT2D eigenvalue weighted by atomic mass is 16.7. The van der Waals surface area contributed by atoms with Gasteiger partial charge in [-0.2, -0.15) is 0 Å². The molecule has 0 amide bonds. The molecule has 1 aromatic carbocycles.